The molecule has 0 aliphatic heterocycles. The van der Waals surface area contributed by atoms with Gasteiger partial charge in [0.25, 0.3) is 5.91 Å². The lowest BCUT2D eigenvalue weighted by atomic mass is 10.2. The second-order valence-electron chi connectivity index (χ2n) is 6.38. The summed E-state index contributed by atoms with van der Waals surface area (Å²) >= 11 is 7.85. The number of carbonyl (C=O) groups excluding carboxylic acids is 1. The maximum atomic E-state index is 12.6. The van der Waals surface area contributed by atoms with Crippen LogP contribution in [-0.4, -0.2) is 31.4 Å². The Morgan fingerprint density at radius 3 is 2.68 bits per heavy atom. The molecule has 0 radical (unpaired) electrons. The highest BCUT2D eigenvalue weighted by atomic mass is 35.5. The third kappa shape index (κ3) is 3.73. The van der Waals surface area contributed by atoms with Gasteiger partial charge in [0.2, 0.25) is 0 Å². The van der Waals surface area contributed by atoms with Gasteiger partial charge < -0.3 is 9.73 Å². The standard InChI is InChI=1S/C19H21ClN2O2S/c1-11-5-7-13-16(9-11)25-18(17(13)20)19(23)21-10-14(22(3)4)15-8-6-12(2)24-15/h5-9,14H,10H2,1-4H3,(H,21,23). The van der Waals surface area contributed by atoms with Crippen molar-refractivity contribution in [2.24, 2.45) is 0 Å². The van der Waals surface area contributed by atoms with Crippen LogP contribution in [0, 0.1) is 13.8 Å². The number of amides is 1. The summed E-state index contributed by atoms with van der Waals surface area (Å²) in [4.78, 5) is 15.2. The number of likely N-dealkylation sites (N-methyl/N-ethyl adjacent to an activating group) is 1. The number of hydrogen-bond donors (Lipinski definition) is 1. The van der Waals surface area contributed by atoms with Crippen molar-refractivity contribution in [1.82, 2.24) is 10.2 Å². The molecule has 3 rings (SSSR count). The molecular formula is C19H21ClN2O2S. The van der Waals surface area contributed by atoms with Crippen LogP contribution >= 0.6 is 22.9 Å². The number of nitrogens with one attached hydrogen (secondary N) is 1. The third-order valence-corrected chi connectivity index (χ3v) is 5.82. The van der Waals surface area contributed by atoms with Crippen LogP contribution in [0.4, 0.5) is 0 Å². The minimum atomic E-state index is -0.154. The molecular weight excluding hydrogens is 356 g/mol. The van der Waals surface area contributed by atoms with Crippen LogP contribution in [0.2, 0.25) is 5.02 Å². The molecule has 6 heteroatoms. The van der Waals surface area contributed by atoms with Gasteiger partial charge in [0.05, 0.1) is 11.1 Å². The van der Waals surface area contributed by atoms with E-state index in [1.165, 1.54) is 11.3 Å². The van der Waals surface area contributed by atoms with Crippen LogP contribution < -0.4 is 5.32 Å². The van der Waals surface area contributed by atoms with E-state index in [0.29, 0.717) is 16.4 Å². The first-order chi connectivity index (χ1) is 11.9. The van der Waals surface area contributed by atoms with Gasteiger partial charge in [-0.3, -0.25) is 9.69 Å². The molecule has 1 amide bonds. The van der Waals surface area contributed by atoms with Crippen LogP contribution in [0.15, 0.2) is 34.7 Å². The second kappa shape index (κ2) is 7.20. The lowest BCUT2D eigenvalue weighted by molar-refractivity contribution is 0.0943. The molecule has 1 aromatic carbocycles. The van der Waals surface area contributed by atoms with E-state index in [1.807, 2.05) is 57.1 Å². The van der Waals surface area contributed by atoms with Gasteiger partial charge in [0.1, 0.15) is 16.4 Å². The zero-order valence-corrected chi connectivity index (χ0v) is 16.3. The Labute approximate surface area is 156 Å². The molecule has 1 atom stereocenters. The number of fused-ring (bicyclic) bond motifs is 1. The normalized spacial score (nSPS) is 12.7. The Hall–Kier alpha value is -1.82. The SMILES string of the molecule is Cc1ccc2c(Cl)c(C(=O)NCC(c3ccc(C)o3)N(C)C)sc2c1. The van der Waals surface area contributed by atoms with Crippen molar-refractivity contribution in [2.75, 3.05) is 20.6 Å². The first-order valence-corrected chi connectivity index (χ1v) is 9.26. The molecule has 2 aromatic heterocycles. The number of benzene rings is 1. The Kier molecular flexibility index (Phi) is 5.18. The first-order valence-electron chi connectivity index (χ1n) is 8.06. The highest BCUT2D eigenvalue weighted by Crippen LogP contribution is 2.35. The summed E-state index contributed by atoms with van der Waals surface area (Å²) in [6, 6.07) is 9.86. The van der Waals surface area contributed by atoms with Crippen molar-refractivity contribution in [3.05, 3.63) is 57.3 Å². The molecule has 1 unspecified atom stereocenters. The molecule has 0 saturated heterocycles. The Bertz CT molecular complexity index is 913. The van der Waals surface area contributed by atoms with Crippen LogP contribution in [0.5, 0.6) is 0 Å². The smallest absolute Gasteiger partial charge is 0.263 e. The lowest BCUT2D eigenvalue weighted by Crippen LogP contribution is -2.34. The molecule has 0 aliphatic rings. The molecule has 2 heterocycles. The number of nitrogens with zero attached hydrogens (tertiary/aromatic N) is 1. The number of thiophene rings is 1. The predicted octanol–water partition coefficient (Wildman–Crippen LogP) is 4.80. The van der Waals surface area contributed by atoms with Gasteiger partial charge in [0.15, 0.2) is 0 Å². The summed E-state index contributed by atoms with van der Waals surface area (Å²) in [6.45, 7) is 4.38. The molecule has 0 bridgehead atoms. The van der Waals surface area contributed by atoms with E-state index >= 15 is 0 Å². The van der Waals surface area contributed by atoms with E-state index in [9.17, 15) is 4.79 Å². The molecule has 132 valence electrons. The lowest BCUT2D eigenvalue weighted by Gasteiger charge is -2.22. The largest absolute Gasteiger partial charge is 0.465 e. The highest BCUT2D eigenvalue weighted by Gasteiger charge is 2.21. The fourth-order valence-electron chi connectivity index (χ4n) is 2.76. The van der Waals surface area contributed by atoms with Gasteiger partial charge in [-0.2, -0.15) is 0 Å². The summed E-state index contributed by atoms with van der Waals surface area (Å²) in [5.41, 5.74) is 1.15. The van der Waals surface area contributed by atoms with Crippen molar-refractivity contribution < 1.29 is 9.21 Å². The third-order valence-electron chi connectivity index (χ3n) is 4.16. The predicted molar refractivity (Wildman–Crippen MR) is 104 cm³/mol. The molecule has 4 nitrogen and oxygen atoms in total. The van der Waals surface area contributed by atoms with Gasteiger partial charge in [0, 0.05) is 16.6 Å². The highest BCUT2D eigenvalue weighted by molar-refractivity contribution is 7.21. The summed E-state index contributed by atoms with van der Waals surface area (Å²) in [5, 5.41) is 4.44. The van der Waals surface area contributed by atoms with E-state index in [2.05, 4.69) is 11.4 Å². The quantitative estimate of drug-likeness (QED) is 0.695. The van der Waals surface area contributed by atoms with Crippen molar-refractivity contribution in [2.45, 2.75) is 19.9 Å². The molecule has 1 N–H and O–H groups in total. The van der Waals surface area contributed by atoms with Crippen LogP contribution in [0.1, 0.15) is 32.8 Å². The van der Waals surface area contributed by atoms with Gasteiger partial charge >= 0.3 is 0 Å². The van der Waals surface area contributed by atoms with Crippen molar-refractivity contribution in [3.63, 3.8) is 0 Å². The van der Waals surface area contributed by atoms with E-state index in [4.69, 9.17) is 16.0 Å². The first kappa shape index (κ1) is 18.0. The van der Waals surface area contributed by atoms with Crippen molar-refractivity contribution in [3.8, 4) is 0 Å². The zero-order chi connectivity index (χ0) is 18.1. The maximum Gasteiger partial charge on any atom is 0.263 e. The minimum Gasteiger partial charge on any atom is -0.465 e. The topological polar surface area (TPSA) is 45.5 Å². The van der Waals surface area contributed by atoms with Gasteiger partial charge in [-0.15, -0.1) is 11.3 Å². The average Bonchev–Trinajstić information content (AvgIpc) is 3.11. The number of furan rings is 1. The van der Waals surface area contributed by atoms with Gasteiger partial charge in [-0.25, -0.2) is 0 Å². The Morgan fingerprint density at radius 2 is 2.04 bits per heavy atom. The summed E-state index contributed by atoms with van der Waals surface area (Å²) in [7, 11) is 3.92. The number of halogens is 1. The van der Waals surface area contributed by atoms with E-state index in [1.54, 1.807) is 0 Å². The average molecular weight is 377 g/mol. The monoisotopic (exact) mass is 376 g/mol. The van der Waals surface area contributed by atoms with Crippen LogP contribution in [0.25, 0.3) is 10.1 Å². The molecule has 0 aliphatic carbocycles. The molecule has 0 spiro atoms. The summed E-state index contributed by atoms with van der Waals surface area (Å²) in [6.07, 6.45) is 0. The molecule has 0 fully saturated rings. The fourth-order valence-corrected chi connectivity index (χ4v) is 4.29. The van der Waals surface area contributed by atoms with Crippen molar-refractivity contribution in [1.29, 1.82) is 0 Å². The van der Waals surface area contributed by atoms with Crippen LogP contribution in [0.3, 0.4) is 0 Å². The van der Waals surface area contributed by atoms with Crippen molar-refractivity contribution >= 4 is 38.9 Å². The molecule has 0 saturated carbocycles. The number of carbonyl (C=O) groups is 1. The van der Waals surface area contributed by atoms with Gasteiger partial charge in [-0.1, -0.05) is 23.7 Å². The van der Waals surface area contributed by atoms with Crippen LogP contribution in [-0.2, 0) is 0 Å². The maximum absolute atomic E-state index is 12.6. The summed E-state index contributed by atoms with van der Waals surface area (Å²) in [5.74, 6) is 1.54. The molecule has 3 aromatic rings. The van der Waals surface area contributed by atoms with E-state index in [0.717, 1.165) is 27.2 Å². The van der Waals surface area contributed by atoms with E-state index < -0.39 is 0 Å². The zero-order valence-electron chi connectivity index (χ0n) is 14.7. The number of rotatable bonds is 5. The minimum absolute atomic E-state index is 0.0342. The second-order valence-corrected chi connectivity index (χ2v) is 7.81. The Morgan fingerprint density at radius 1 is 1.28 bits per heavy atom. The van der Waals surface area contributed by atoms with E-state index in [-0.39, 0.29) is 11.9 Å². The Balaban J connectivity index is 1.78. The fraction of sp³-hybridized carbons (Fsp3) is 0.316. The van der Waals surface area contributed by atoms with Gasteiger partial charge in [-0.05, 0) is 51.7 Å². The molecule has 25 heavy (non-hydrogen) atoms. The number of aryl methyl sites for hydroxylation is 2. The summed E-state index contributed by atoms with van der Waals surface area (Å²) < 4.78 is 6.74. The number of hydrogen-bond acceptors (Lipinski definition) is 4.